The Bertz CT molecular complexity index is 738. The molecule has 7 heteroatoms. The summed E-state index contributed by atoms with van der Waals surface area (Å²) in [5, 5.41) is 23.3. The van der Waals surface area contributed by atoms with Gasteiger partial charge in [-0.2, -0.15) is 0 Å². The fraction of sp³-hybridized carbons (Fsp3) is 0.471. The summed E-state index contributed by atoms with van der Waals surface area (Å²) in [5.41, 5.74) is 0. The Balaban J connectivity index is 1.91. The highest BCUT2D eigenvalue weighted by Crippen LogP contribution is 2.46. The van der Waals surface area contributed by atoms with Crippen molar-refractivity contribution in [2.24, 2.45) is 0 Å². The third kappa shape index (κ3) is 2.86. The van der Waals surface area contributed by atoms with Gasteiger partial charge in [-0.25, -0.2) is 0 Å². The molecule has 0 amide bonds. The number of aliphatic hydroxyl groups is 2. The average molecular weight is 367 g/mol. The van der Waals surface area contributed by atoms with Crippen molar-refractivity contribution in [3.8, 4) is 0 Å². The number of carbonyl (C=O) groups excluding carboxylic acids is 1. The Morgan fingerprint density at radius 3 is 1.88 bits per heavy atom. The van der Waals surface area contributed by atoms with Gasteiger partial charge in [-0.3, -0.25) is 4.79 Å². The van der Waals surface area contributed by atoms with Gasteiger partial charge < -0.3 is 20.0 Å². The minimum absolute atomic E-state index is 0.292. The first-order valence-corrected chi connectivity index (χ1v) is 9.38. The van der Waals surface area contributed by atoms with Crippen molar-refractivity contribution in [1.82, 2.24) is 0 Å². The first kappa shape index (κ1) is 17.4. The van der Waals surface area contributed by atoms with Gasteiger partial charge >= 0.3 is 0 Å². The van der Waals surface area contributed by atoms with E-state index in [1.807, 2.05) is 62.3 Å². The molecule has 1 aliphatic rings. The van der Waals surface area contributed by atoms with Crippen LogP contribution < -0.4 is 9.80 Å². The molecular weight excluding hydrogens is 344 g/mol. The van der Waals surface area contributed by atoms with E-state index in [-0.39, 0.29) is 5.78 Å². The monoisotopic (exact) mass is 366 g/mol. The molecule has 0 aliphatic heterocycles. The molecule has 0 spiro atoms. The van der Waals surface area contributed by atoms with E-state index >= 15 is 0 Å². The third-order valence-electron chi connectivity index (χ3n) is 4.39. The molecule has 3 rings (SSSR count). The number of hydrogen-bond donors (Lipinski definition) is 2. The smallest absolute Gasteiger partial charge is 0.172 e. The lowest BCUT2D eigenvalue weighted by Gasteiger charge is -2.17. The maximum Gasteiger partial charge on any atom is 0.172 e. The second kappa shape index (κ2) is 6.48. The van der Waals surface area contributed by atoms with Gasteiger partial charge in [0.25, 0.3) is 0 Å². The molecule has 24 heavy (non-hydrogen) atoms. The van der Waals surface area contributed by atoms with Crippen LogP contribution in [-0.2, 0) is 4.79 Å². The second-order valence-corrected chi connectivity index (χ2v) is 8.67. The lowest BCUT2D eigenvalue weighted by Crippen LogP contribution is -2.22. The van der Waals surface area contributed by atoms with Crippen LogP contribution in [0.3, 0.4) is 0 Å². The number of hydrogen-bond acceptors (Lipinski definition) is 7. The van der Waals surface area contributed by atoms with Gasteiger partial charge in [0.1, 0.15) is 6.10 Å². The first-order valence-electron chi connectivity index (χ1n) is 7.75. The summed E-state index contributed by atoms with van der Waals surface area (Å²) in [5.74, 6) is -1.51. The number of ketones is 1. The van der Waals surface area contributed by atoms with Gasteiger partial charge in [-0.15, -0.1) is 22.7 Å². The zero-order valence-corrected chi connectivity index (χ0v) is 15.8. The van der Waals surface area contributed by atoms with Gasteiger partial charge in [0.15, 0.2) is 5.78 Å². The molecule has 4 atom stereocenters. The van der Waals surface area contributed by atoms with Crippen LogP contribution in [0.1, 0.15) is 21.6 Å². The SMILES string of the molecule is CN(C)c1ccc(C2C(=O)C(O)C(c3ccc(N(C)C)s3)C2O)s1. The lowest BCUT2D eigenvalue weighted by atomic mass is 9.98. The Morgan fingerprint density at radius 1 is 0.875 bits per heavy atom. The molecule has 1 fully saturated rings. The molecule has 2 N–H and O–H groups in total. The quantitative estimate of drug-likeness (QED) is 0.868. The molecule has 2 aromatic rings. The number of thiophene rings is 2. The number of anilines is 2. The zero-order valence-electron chi connectivity index (χ0n) is 14.1. The Labute approximate surface area is 149 Å². The van der Waals surface area contributed by atoms with Crippen LogP contribution in [0.15, 0.2) is 24.3 Å². The standard InChI is InChI=1S/C17H22N2O3S2/c1-18(2)11-7-5-9(23-11)13-15(20)14(17(22)16(13)21)10-6-8-12(24-10)19(3)4/h5-8,13-16,20-21H,1-4H3. The number of nitrogens with zero attached hydrogens (tertiary/aromatic N) is 2. The van der Waals surface area contributed by atoms with E-state index < -0.39 is 24.0 Å². The van der Waals surface area contributed by atoms with Crippen LogP contribution in [-0.4, -0.2) is 56.4 Å². The van der Waals surface area contributed by atoms with E-state index in [0.29, 0.717) is 0 Å². The van der Waals surface area contributed by atoms with Crippen LogP contribution in [0, 0.1) is 0 Å². The van der Waals surface area contributed by atoms with Gasteiger partial charge in [-0.05, 0) is 24.3 Å². The summed E-state index contributed by atoms with van der Waals surface area (Å²) in [6.45, 7) is 0. The van der Waals surface area contributed by atoms with E-state index in [4.69, 9.17) is 0 Å². The van der Waals surface area contributed by atoms with Crippen molar-refractivity contribution >= 4 is 38.5 Å². The van der Waals surface area contributed by atoms with E-state index in [1.54, 1.807) is 0 Å². The summed E-state index contributed by atoms with van der Waals surface area (Å²) >= 11 is 2.99. The fourth-order valence-corrected chi connectivity index (χ4v) is 5.25. The molecule has 2 aromatic heterocycles. The Morgan fingerprint density at radius 2 is 1.38 bits per heavy atom. The third-order valence-corrected chi connectivity index (χ3v) is 7.08. The van der Waals surface area contributed by atoms with Crippen molar-refractivity contribution in [2.45, 2.75) is 24.0 Å². The summed E-state index contributed by atoms with van der Waals surface area (Å²) < 4.78 is 0. The van der Waals surface area contributed by atoms with Crippen molar-refractivity contribution in [3.63, 3.8) is 0 Å². The lowest BCUT2D eigenvalue weighted by molar-refractivity contribution is -0.125. The fourth-order valence-electron chi connectivity index (χ4n) is 3.07. The Hall–Kier alpha value is -1.41. The first-order chi connectivity index (χ1) is 11.3. The summed E-state index contributed by atoms with van der Waals surface area (Å²) in [4.78, 5) is 18.2. The van der Waals surface area contributed by atoms with Crippen molar-refractivity contribution < 1.29 is 15.0 Å². The van der Waals surface area contributed by atoms with Crippen LogP contribution in [0.5, 0.6) is 0 Å². The van der Waals surface area contributed by atoms with Crippen LogP contribution >= 0.6 is 22.7 Å². The highest BCUT2D eigenvalue weighted by Gasteiger charge is 2.51. The zero-order chi connectivity index (χ0) is 17.6. The molecule has 1 aliphatic carbocycles. The summed E-state index contributed by atoms with van der Waals surface area (Å²) in [7, 11) is 7.77. The number of carbonyl (C=O) groups is 1. The summed E-state index contributed by atoms with van der Waals surface area (Å²) in [6, 6.07) is 7.66. The highest BCUT2D eigenvalue weighted by atomic mass is 32.1. The molecule has 0 saturated heterocycles. The van der Waals surface area contributed by atoms with Crippen molar-refractivity contribution in [1.29, 1.82) is 0 Å². The molecule has 0 aromatic carbocycles. The largest absolute Gasteiger partial charge is 0.391 e. The molecule has 0 bridgehead atoms. The second-order valence-electron chi connectivity index (χ2n) is 6.48. The number of rotatable bonds is 4. The van der Waals surface area contributed by atoms with E-state index in [2.05, 4.69) is 0 Å². The van der Waals surface area contributed by atoms with Crippen molar-refractivity contribution in [2.75, 3.05) is 38.0 Å². The van der Waals surface area contributed by atoms with Gasteiger partial charge in [-0.1, -0.05) is 0 Å². The van der Waals surface area contributed by atoms with E-state index in [9.17, 15) is 15.0 Å². The molecule has 2 heterocycles. The topological polar surface area (TPSA) is 64.0 Å². The van der Waals surface area contributed by atoms with Crippen LogP contribution in [0.25, 0.3) is 0 Å². The predicted molar refractivity (Wildman–Crippen MR) is 99.8 cm³/mol. The minimum atomic E-state index is -1.16. The number of aliphatic hydroxyl groups excluding tert-OH is 2. The van der Waals surface area contributed by atoms with E-state index in [0.717, 1.165) is 19.8 Å². The number of Topliss-reactive ketones (excluding diaryl/α,β-unsaturated/α-hetero) is 1. The molecule has 4 unspecified atom stereocenters. The van der Waals surface area contributed by atoms with Crippen molar-refractivity contribution in [3.05, 3.63) is 34.0 Å². The van der Waals surface area contributed by atoms with E-state index in [1.165, 1.54) is 22.7 Å². The van der Waals surface area contributed by atoms with Gasteiger partial charge in [0.2, 0.25) is 0 Å². The predicted octanol–water partition coefficient (Wildman–Crippen LogP) is 2.11. The van der Waals surface area contributed by atoms with Crippen LogP contribution in [0.4, 0.5) is 10.0 Å². The highest BCUT2D eigenvalue weighted by molar-refractivity contribution is 7.16. The molecule has 0 radical (unpaired) electrons. The maximum absolute atomic E-state index is 12.6. The van der Waals surface area contributed by atoms with Crippen LogP contribution in [0.2, 0.25) is 0 Å². The van der Waals surface area contributed by atoms with Gasteiger partial charge in [0, 0.05) is 37.9 Å². The molecule has 130 valence electrons. The maximum atomic E-state index is 12.6. The summed E-state index contributed by atoms with van der Waals surface area (Å²) in [6.07, 6.45) is -2.07. The molecule has 1 saturated carbocycles. The van der Waals surface area contributed by atoms with Gasteiger partial charge in [0.05, 0.1) is 27.9 Å². The minimum Gasteiger partial charge on any atom is -0.391 e. The molecule has 5 nitrogen and oxygen atoms in total. The normalized spacial score (nSPS) is 26.8. The molecular formula is C17H22N2O3S2. The average Bonchev–Trinajstić information content (AvgIpc) is 3.20. The Kier molecular flexibility index (Phi) is 4.70.